The van der Waals surface area contributed by atoms with Gasteiger partial charge in [0.25, 0.3) is 0 Å². The van der Waals surface area contributed by atoms with Crippen LogP contribution in [-0.4, -0.2) is 18.7 Å². The van der Waals surface area contributed by atoms with Crippen LogP contribution in [0.2, 0.25) is 0 Å². The standard InChI is InChI=1S/C6H9N2O/c1-3-8(2)6-4-7-9-5-6/h5H,3H2,1-2H3. The highest BCUT2D eigenvalue weighted by atomic mass is 16.5. The van der Waals surface area contributed by atoms with E-state index in [1.165, 1.54) is 0 Å². The lowest BCUT2D eigenvalue weighted by Crippen LogP contribution is -2.14. The molecule has 0 aromatic carbocycles. The fourth-order valence-corrected chi connectivity index (χ4v) is 0.521. The summed E-state index contributed by atoms with van der Waals surface area (Å²) in [5.41, 5.74) is 0.900. The van der Waals surface area contributed by atoms with Gasteiger partial charge in [-0.15, -0.1) is 0 Å². The molecular weight excluding hydrogens is 116 g/mol. The van der Waals surface area contributed by atoms with Crippen molar-refractivity contribution in [1.82, 2.24) is 5.16 Å². The molecule has 0 N–H and O–H groups in total. The zero-order valence-electron chi connectivity index (χ0n) is 5.59. The van der Waals surface area contributed by atoms with Crippen LogP contribution in [0.3, 0.4) is 0 Å². The van der Waals surface area contributed by atoms with Crippen LogP contribution in [0.1, 0.15) is 6.92 Å². The summed E-state index contributed by atoms with van der Waals surface area (Å²) in [6.07, 6.45) is 4.27. The first kappa shape index (κ1) is 6.13. The third kappa shape index (κ3) is 1.22. The number of anilines is 1. The van der Waals surface area contributed by atoms with E-state index < -0.39 is 0 Å². The summed E-state index contributed by atoms with van der Waals surface area (Å²) >= 11 is 0. The number of nitrogens with zero attached hydrogens (tertiary/aromatic N) is 2. The Kier molecular flexibility index (Phi) is 1.72. The van der Waals surface area contributed by atoms with Gasteiger partial charge >= 0.3 is 0 Å². The Hall–Kier alpha value is -0.990. The fourth-order valence-electron chi connectivity index (χ4n) is 0.521. The molecule has 1 aromatic heterocycles. The molecule has 0 aliphatic rings. The van der Waals surface area contributed by atoms with Gasteiger partial charge in [0.2, 0.25) is 0 Å². The zero-order chi connectivity index (χ0) is 6.69. The minimum atomic E-state index is 0.900. The van der Waals surface area contributed by atoms with Gasteiger partial charge in [-0.05, 0) is 6.92 Å². The van der Waals surface area contributed by atoms with E-state index in [1.807, 2.05) is 11.9 Å². The number of aromatic nitrogens is 1. The minimum Gasteiger partial charge on any atom is -0.370 e. The Morgan fingerprint density at radius 3 is 3.11 bits per heavy atom. The van der Waals surface area contributed by atoms with Gasteiger partial charge in [-0.25, -0.2) is 0 Å². The molecule has 0 aliphatic carbocycles. The first-order valence-electron chi connectivity index (χ1n) is 2.87. The van der Waals surface area contributed by atoms with E-state index >= 15 is 0 Å². The average Bonchev–Trinajstić information content (AvgIpc) is 2.37. The lowest BCUT2D eigenvalue weighted by atomic mass is 10.5. The van der Waals surface area contributed by atoms with Crippen molar-refractivity contribution < 1.29 is 4.52 Å². The van der Waals surface area contributed by atoms with Crippen LogP contribution >= 0.6 is 0 Å². The summed E-state index contributed by atoms with van der Waals surface area (Å²) in [7, 11) is 1.96. The molecule has 3 heteroatoms. The summed E-state index contributed by atoms with van der Waals surface area (Å²) in [5, 5.41) is 3.45. The first-order chi connectivity index (χ1) is 4.34. The van der Waals surface area contributed by atoms with E-state index in [0.29, 0.717) is 0 Å². The van der Waals surface area contributed by atoms with E-state index in [1.54, 1.807) is 6.26 Å². The van der Waals surface area contributed by atoms with Gasteiger partial charge in [0.05, 0.1) is 0 Å². The number of hydrogen-bond acceptors (Lipinski definition) is 3. The molecule has 0 unspecified atom stereocenters. The average molecular weight is 125 g/mol. The molecular formula is C6H9N2O. The zero-order valence-corrected chi connectivity index (χ0v) is 5.59. The van der Waals surface area contributed by atoms with Gasteiger partial charge in [-0.3, -0.25) is 0 Å². The Labute approximate surface area is 54.3 Å². The van der Waals surface area contributed by atoms with E-state index in [2.05, 4.69) is 22.8 Å². The second-order valence-corrected chi connectivity index (χ2v) is 1.83. The Balaban J connectivity index is 2.65. The smallest absolute Gasteiger partial charge is 0.161 e. The van der Waals surface area contributed by atoms with Crippen LogP contribution in [0, 0.1) is 6.20 Å². The van der Waals surface area contributed by atoms with Crippen molar-refractivity contribution >= 4 is 5.69 Å². The highest BCUT2D eigenvalue weighted by Crippen LogP contribution is 2.07. The molecule has 0 saturated heterocycles. The minimum absolute atomic E-state index is 0.900. The predicted octanol–water partition coefficient (Wildman–Crippen LogP) is 0.931. The fraction of sp³-hybridized carbons (Fsp3) is 0.500. The molecule has 0 aliphatic heterocycles. The molecule has 1 heterocycles. The molecule has 9 heavy (non-hydrogen) atoms. The van der Waals surface area contributed by atoms with Crippen LogP contribution in [-0.2, 0) is 0 Å². The second-order valence-electron chi connectivity index (χ2n) is 1.83. The van der Waals surface area contributed by atoms with Crippen LogP contribution in [0.25, 0.3) is 0 Å². The molecule has 0 spiro atoms. The molecule has 1 radical (unpaired) electrons. The molecule has 1 aromatic rings. The van der Waals surface area contributed by atoms with Crippen molar-refractivity contribution in [3.05, 3.63) is 12.5 Å². The highest BCUT2D eigenvalue weighted by Gasteiger charge is 1.98. The normalized spacial score (nSPS) is 9.56. The molecule has 0 fully saturated rings. The Bertz CT molecular complexity index is 160. The summed E-state index contributed by atoms with van der Waals surface area (Å²) in [6, 6.07) is 0. The van der Waals surface area contributed by atoms with Gasteiger partial charge in [-0.2, -0.15) is 0 Å². The van der Waals surface area contributed by atoms with E-state index in [-0.39, 0.29) is 0 Å². The van der Waals surface area contributed by atoms with Crippen molar-refractivity contribution in [2.45, 2.75) is 6.92 Å². The maximum atomic E-state index is 4.59. The quantitative estimate of drug-likeness (QED) is 0.588. The first-order valence-corrected chi connectivity index (χ1v) is 2.87. The van der Waals surface area contributed by atoms with E-state index in [4.69, 9.17) is 0 Å². The maximum absolute atomic E-state index is 4.59. The van der Waals surface area contributed by atoms with Gasteiger partial charge in [0.1, 0.15) is 12.0 Å². The molecule has 49 valence electrons. The van der Waals surface area contributed by atoms with E-state index in [0.717, 1.165) is 12.2 Å². The van der Waals surface area contributed by atoms with Gasteiger partial charge in [-0.1, -0.05) is 5.16 Å². The topological polar surface area (TPSA) is 29.3 Å². The van der Waals surface area contributed by atoms with Gasteiger partial charge in [0.15, 0.2) is 6.20 Å². The van der Waals surface area contributed by atoms with Crippen molar-refractivity contribution in [2.75, 3.05) is 18.5 Å². The van der Waals surface area contributed by atoms with Crippen LogP contribution in [0.4, 0.5) is 5.69 Å². The lowest BCUT2D eigenvalue weighted by molar-refractivity contribution is 0.418. The molecule has 0 saturated carbocycles. The van der Waals surface area contributed by atoms with E-state index in [9.17, 15) is 0 Å². The SMILES string of the molecule is CCN(C)c1[c]noc1. The van der Waals surface area contributed by atoms with Crippen LogP contribution < -0.4 is 4.90 Å². The largest absolute Gasteiger partial charge is 0.370 e. The highest BCUT2D eigenvalue weighted by molar-refractivity contribution is 5.37. The summed E-state index contributed by atoms with van der Waals surface area (Å²) < 4.78 is 4.59. The Morgan fingerprint density at radius 2 is 2.67 bits per heavy atom. The van der Waals surface area contributed by atoms with Crippen molar-refractivity contribution in [3.63, 3.8) is 0 Å². The third-order valence-electron chi connectivity index (χ3n) is 1.26. The Morgan fingerprint density at radius 1 is 1.89 bits per heavy atom. The number of hydrogen-bond donors (Lipinski definition) is 0. The van der Waals surface area contributed by atoms with Gasteiger partial charge < -0.3 is 9.42 Å². The number of rotatable bonds is 2. The summed E-state index contributed by atoms with van der Waals surface area (Å²) in [6.45, 7) is 3.00. The van der Waals surface area contributed by atoms with Crippen molar-refractivity contribution in [3.8, 4) is 0 Å². The predicted molar refractivity (Wildman–Crippen MR) is 34.3 cm³/mol. The third-order valence-corrected chi connectivity index (χ3v) is 1.26. The van der Waals surface area contributed by atoms with Crippen molar-refractivity contribution in [2.24, 2.45) is 0 Å². The summed E-state index contributed by atoms with van der Waals surface area (Å²) in [5.74, 6) is 0. The maximum Gasteiger partial charge on any atom is 0.161 e. The molecule has 1 rings (SSSR count). The van der Waals surface area contributed by atoms with Crippen molar-refractivity contribution in [1.29, 1.82) is 0 Å². The molecule has 3 nitrogen and oxygen atoms in total. The molecule has 0 bridgehead atoms. The van der Waals surface area contributed by atoms with Crippen LogP contribution in [0.15, 0.2) is 10.8 Å². The van der Waals surface area contributed by atoms with Crippen LogP contribution in [0.5, 0.6) is 0 Å². The summed E-state index contributed by atoms with van der Waals surface area (Å²) in [4.78, 5) is 2.00. The second kappa shape index (κ2) is 2.53. The monoisotopic (exact) mass is 125 g/mol. The molecule has 0 atom stereocenters. The lowest BCUT2D eigenvalue weighted by Gasteiger charge is -2.10. The van der Waals surface area contributed by atoms with Gasteiger partial charge in [0, 0.05) is 13.6 Å². The molecule has 0 amide bonds.